The molecule has 1 saturated heterocycles. The predicted octanol–water partition coefficient (Wildman–Crippen LogP) is -0.384. The fourth-order valence-corrected chi connectivity index (χ4v) is 1.80. The normalized spacial score (nSPS) is 20.4. The molecule has 0 saturated carbocycles. The molecule has 0 aromatic heterocycles. The van der Waals surface area contributed by atoms with E-state index in [0.717, 1.165) is 6.42 Å². The average Bonchev–Trinajstić information content (AvgIpc) is 2.36. The Morgan fingerprint density at radius 3 is 2.61 bits per heavy atom. The van der Waals surface area contributed by atoms with Crippen LogP contribution in [0.1, 0.15) is 12.8 Å². The third-order valence-electron chi connectivity index (χ3n) is 2.85. The van der Waals surface area contributed by atoms with Crippen molar-refractivity contribution in [3.8, 4) is 0 Å². The van der Waals surface area contributed by atoms with E-state index >= 15 is 0 Å². The van der Waals surface area contributed by atoms with Gasteiger partial charge in [-0.3, -0.25) is 4.79 Å². The average molecular weight is 260 g/mol. The van der Waals surface area contributed by atoms with Crippen LogP contribution in [0.4, 0.5) is 0 Å². The molecule has 6 heteroatoms. The van der Waals surface area contributed by atoms with Gasteiger partial charge >= 0.3 is 0 Å². The van der Waals surface area contributed by atoms with Gasteiger partial charge in [-0.05, 0) is 6.42 Å². The summed E-state index contributed by atoms with van der Waals surface area (Å²) in [5, 5.41) is 0. The maximum atomic E-state index is 11.6. The van der Waals surface area contributed by atoms with Crippen molar-refractivity contribution in [2.24, 2.45) is 5.73 Å². The zero-order chi connectivity index (χ0) is 13.2. The van der Waals surface area contributed by atoms with Gasteiger partial charge in [0.1, 0.15) is 0 Å². The van der Waals surface area contributed by atoms with Crippen molar-refractivity contribution in [3.05, 3.63) is 0 Å². The van der Waals surface area contributed by atoms with Gasteiger partial charge in [0.15, 0.2) is 0 Å². The molecule has 1 unspecified atom stereocenters. The molecule has 1 heterocycles. The van der Waals surface area contributed by atoms with Crippen molar-refractivity contribution in [1.29, 1.82) is 0 Å². The highest BCUT2D eigenvalue weighted by Gasteiger charge is 2.22. The van der Waals surface area contributed by atoms with Crippen molar-refractivity contribution in [2.75, 3.05) is 53.2 Å². The molecule has 0 aromatic rings. The molecule has 2 N–H and O–H groups in total. The second-order valence-corrected chi connectivity index (χ2v) is 4.36. The van der Waals surface area contributed by atoms with Crippen LogP contribution in [0.2, 0.25) is 0 Å². The van der Waals surface area contributed by atoms with E-state index < -0.39 is 0 Å². The molecule has 1 aliphatic heterocycles. The second-order valence-electron chi connectivity index (χ2n) is 4.36. The third-order valence-corrected chi connectivity index (χ3v) is 2.85. The Morgan fingerprint density at radius 1 is 1.22 bits per heavy atom. The molecule has 0 aromatic carbocycles. The number of nitrogens with zero attached hydrogens (tertiary/aromatic N) is 1. The Labute approximate surface area is 108 Å². The summed E-state index contributed by atoms with van der Waals surface area (Å²) in [6.45, 7) is 4.07. The highest BCUT2D eigenvalue weighted by molar-refractivity contribution is 5.77. The van der Waals surface area contributed by atoms with E-state index in [1.165, 1.54) is 0 Å². The molecule has 1 aliphatic rings. The lowest BCUT2D eigenvalue weighted by Gasteiger charge is -2.30. The summed E-state index contributed by atoms with van der Waals surface area (Å²) >= 11 is 0. The van der Waals surface area contributed by atoms with Gasteiger partial charge in [-0.1, -0.05) is 0 Å². The number of amides is 1. The number of hydrogen-bond acceptors (Lipinski definition) is 5. The van der Waals surface area contributed by atoms with E-state index in [-0.39, 0.29) is 11.9 Å². The molecule has 0 bridgehead atoms. The minimum Gasteiger partial charge on any atom is -0.382 e. The third kappa shape index (κ3) is 6.30. The van der Waals surface area contributed by atoms with E-state index in [9.17, 15) is 4.79 Å². The smallest absolute Gasteiger partial charge is 0.222 e. The Kier molecular flexibility index (Phi) is 7.91. The fraction of sp³-hybridized carbons (Fsp3) is 0.917. The molecule has 6 nitrogen and oxygen atoms in total. The number of carbonyl (C=O) groups is 1. The molecule has 1 amide bonds. The molecule has 106 valence electrons. The van der Waals surface area contributed by atoms with Gasteiger partial charge in [0.2, 0.25) is 5.91 Å². The SMILES string of the molecule is COCCOCCOCCN1CC(N)CCC1=O. The van der Waals surface area contributed by atoms with Gasteiger partial charge in [-0.25, -0.2) is 0 Å². The molecule has 0 spiro atoms. The van der Waals surface area contributed by atoms with Crippen LogP contribution in [-0.4, -0.2) is 70.1 Å². The molecular formula is C12H24N2O4. The number of piperidine rings is 1. The lowest BCUT2D eigenvalue weighted by molar-refractivity contribution is -0.134. The Bertz CT molecular complexity index is 238. The fourth-order valence-electron chi connectivity index (χ4n) is 1.80. The minimum absolute atomic E-state index is 0.111. The summed E-state index contributed by atoms with van der Waals surface area (Å²) in [5.41, 5.74) is 5.82. The molecule has 1 fully saturated rings. The number of nitrogens with two attached hydrogens (primary N) is 1. The topological polar surface area (TPSA) is 74.0 Å². The number of likely N-dealkylation sites (tertiary alicyclic amines) is 1. The zero-order valence-electron chi connectivity index (χ0n) is 11.1. The van der Waals surface area contributed by atoms with Crippen molar-refractivity contribution in [2.45, 2.75) is 18.9 Å². The first kappa shape index (κ1) is 15.4. The van der Waals surface area contributed by atoms with Crippen LogP contribution in [0.25, 0.3) is 0 Å². The molecule has 0 aliphatic carbocycles. The van der Waals surface area contributed by atoms with Crippen LogP contribution in [0.15, 0.2) is 0 Å². The van der Waals surface area contributed by atoms with Crippen LogP contribution < -0.4 is 5.73 Å². The van der Waals surface area contributed by atoms with Gasteiger partial charge in [0, 0.05) is 32.7 Å². The lowest BCUT2D eigenvalue weighted by Crippen LogP contribution is -2.47. The van der Waals surface area contributed by atoms with E-state index in [0.29, 0.717) is 52.5 Å². The number of hydrogen-bond donors (Lipinski definition) is 1. The summed E-state index contributed by atoms with van der Waals surface area (Å²) in [7, 11) is 1.64. The van der Waals surface area contributed by atoms with Crippen molar-refractivity contribution in [3.63, 3.8) is 0 Å². The quantitative estimate of drug-likeness (QED) is 0.572. The van der Waals surface area contributed by atoms with Gasteiger partial charge in [-0.15, -0.1) is 0 Å². The molecule has 1 atom stereocenters. The van der Waals surface area contributed by atoms with E-state index in [1.807, 2.05) is 0 Å². The Hall–Kier alpha value is -0.690. The molecular weight excluding hydrogens is 236 g/mol. The van der Waals surface area contributed by atoms with Crippen molar-refractivity contribution >= 4 is 5.91 Å². The van der Waals surface area contributed by atoms with Crippen molar-refractivity contribution in [1.82, 2.24) is 4.90 Å². The number of carbonyl (C=O) groups excluding carboxylic acids is 1. The molecule has 18 heavy (non-hydrogen) atoms. The van der Waals surface area contributed by atoms with Gasteiger partial charge in [0.05, 0.1) is 33.0 Å². The summed E-state index contributed by atoms with van der Waals surface area (Å²) in [6.07, 6.45) is 1.35. The zero-order valence-corrected chi connectivity index (χ0v) is 11.1. The largest absolute Gasteiger partial charge is 0.382 e. The first-order valence-corrected chi connectivity index (χ1v) is 6.42. The highest BCUT2D eigenvalue weighted by Crippen LogP contribution is 2.09. The van der Waals surface area contributed by atoms with Gasteiger partial charge in [-0.2, -0.15) is 0 Å². The Morgan fingerprint density at radius 2 is 1.89 bits per heavy atom. The standard InChI is InChI=1S/C12H24N2O4/c1-16-6-7-18-9-8-17-5-4-14-10-11(13)2-3-12(14)15/h11H,2-10,13H2,1H3. The maximum Gasteiger partial charge on any atom is 0.222 e. The number of methoxy groups -OCH3 is 1. The lowest BCUT2D eigenvalue weighted by atomic mass is 10.1. The molecule has 1 rings (SSSR count). The van der Waals surface area contributed by atoms with E-state index in [2.05, 4.69) is 0 Å². The summed E-state index contributed by atoms with van der Waals surface area (Å²) in [6, 6.07) is 0.111. The molecule has 0 radical (unpaired) electrons. The highest BCUT2D eigenvalue weighted by atomic mass is 16.5. The first-order chi connectivity index (χ1) is 8.74. The Balaban J connectivity index is 1.95. The number of rotatable bonds is 9. The maximum absolute atomic E-state index is 11.6. The first-order valence-electron chi connectivity index (χ1n) is 6.42. The van der Waals surface area contributed by atoms with Crippen molar-refractivity contribution < 1.29 is 19.0 Å². The van der Waals surface area contributed by atoms with Gasteiger partial charge in [0.25, 0.3) is 0 Å². The number of ether oxygens (including phenoxy) is 3. The summed E-state index contributed by atoms with van der Waals surface area (Å²) < 4.78 is 15.5. The summed E-state index contributed by atoms with van der Waals surface area (Å²) in [5.74, 6) is 0.177. The van der Waals surface area contributed by atoms with E-state index in [4.69, 9.17) is 19.9 Å². The van der Waals surface area contributed by atoms with Crippen LogP contribution in [-0.2, 0) is 19.0 Å². The predicted molar refractivity (Wildman–Crippen MR) is 67.3 cm³/mol. The monoisotopic (exact) mass is 260 g/mol. The second kappa shape index (κ2) is 9.27. The van der Waals surface area contributed by atoms with E-state index in [1.54, 1.807) is 12.0 Å². The minimum atomic E-state index is 0.111. The summed E-state index contributed by atoms with van der Waals surface area (Å²) in [4.78, 5) is 13.3. The van der Waals surface area contributed by atoms with Crippen LogP contribution >= 0.6 is 0 Å². The van der Waals surface area contributed by atoms with Gasteiger partial charge < -0.3 is 24.8 Å². The van der Waals surface area contributed by atoms with Crippen LogP contribution in [0.3, 0.4) is 0 Å². The van der Waals surface area contributed by atoms with Crippen LogP contribution in [0.5, 0.6) is 0 Å². The van der Waals surface area contributed by atoms with Crippen LogP contribution in [0, 0.1) is 0 Å².